The van der Waals surface area contributed by atoms with Gasteiger partial charge in [-0.05, 0) is 29.6 Å². The fourth-order valence-corrected chi connectivity index (χ4v) is 5.29. The molecule has 0 aromatic carbocycles. The number of unbranched alkanes of at least 4 members (excludes halogenated alkanes) is 1. The standard InChI is InChI=1S/C30H50N6O8/c1-9-10-11-18(23(39)25(31)40)32-26(41)22-17(2)12-13-35(22)27(42)24(30(6,7)8)34-28(43)33-19(29(3,4)5)14-36-20(37)15-44-16-21(36)38/h17-19,22,24H,9-16H2,1-8H3,(H2,31,40)(H,32,41)(H2,33,34,43)/t17-,18?,19+,22-,24+/m0/s1. The molecule has 0 spiro atoms. The van der Waals surface area contributed by atoms with Gasteiger partial charge in [-0.25, -0.2) is 4.79 Å². The zero-order valence-electron chi connectivity index (χ0n) is 27.3. The minimum atomic E-state index is -1.14. The Morgan fingerprint density at radius 1 is 0.955 bits per heavy atom. The Labute approximate surface area is 259 Å². The number of likely N-dealkylation sites (tertiary alicyclic amines) is 1. The minimum absolute atomic E-state index is 0.0683. The number of carbonyl (C=O) groups excluding carboxylic acids is 7. The molecule has 0 radical (unpaired) electrons. The third-order valence-corrected chi connectivity index (χ3v) is 8.13. The maximum atomic E-state index is 14.0. The second-order valence-electron chi connectivity index (χ2n) is 13.9. The summed E-state index contributed by atoms with van der Waals surface area (Å²) in [7, 11) is 0. The summed E-state index contributed by atoms with van der Waals surface area (Å²) < 4.78 is 4.98. The van der Waals surface area contributed by atoms with Crippen molar-refractivity contribution in [1.29, 1.82) is 0 Å². The molecule has 0 aromatic heterocycles. The highest BCUT2D eigenvalue weighted by molar-refractivity contribution is 6.37. The largest absolute Gasteiger partial charge is 0.363 e. The number of ether oxygens (including phenoxy) is 1. The molecule has 2 saturated heterocycles. The number of amides is 7. The molecule has 7 amide bonds. The molecule has 14 heteroatoms. The number of nitrogens with two attached hydrogens (primary N) is 1. The number of imide groups is 1. The summed E-state index contributed by atoms with van der Waals surface area (Å²) >= 11 is 0. The number of hydrogen-bond donors (Lipinski definition) is 4. The van der Waals surface area contributed by atoms with Gasteiger partial charge in [0.25, 0.3) is 17.7 Å². The Balaban J connectivity index is 2.25. The second-order valence-corrected chi connectivity index (χ2v) is 13.9. The topological polar surface area (TPSA) is 197 Å². The van der Waals surface area contributed by atoms with Crippen molar-refractivity contribution in [2.24, 2.45) is 22.5 Å². The highest BCUT2D eigenvalue weighted by Crippen LogP contribution is 2.29. The molecule has 2 rings (SSSR count). The van der Waals surface area contributed by atoms with E-state index in [0.717, 1.165) is 11.3 Å². The van der Waals surface area contributed by atoms with Crippen LogP contribution in [0.15, 0.2) is 0 Å². The summed E-state index contributed by atoms with van der Waals surface area (Å²) in [5.74, 6) is -4.33. The quantitative estimate of drug-likeness (QED) is 0.178. The molecule has 248 valence electrons. The third kappa shape index (κ3) is 9.47. The van der Waals surface area contributed by atoms with Crippen molar-refractivity contribution in [2.45, 2.75) is 105 Å². The molecular formula is C30H50N6O8. The van der Waals surface area contributed by atoms with Gasteiger partial charge in [0.15, 0.2) is 0 Å². The third-order valence-electron chi connectivity index (χ3n) is 8.13. The van der Waals surface area contributed by atoms with Crippen molar-refractivity contribution in [3.63, 3.8) is 0 Å². The van der Waals surface area contributed by atoms with Crippen molar-refractivity contribution in [2.75, 3.05) is 26.3 Å². The van der Waals surface area contributed by atoms with E-state index in [2.05, 4.69) is 16.0 Å². The monoisotopic (exact) mass is 622 g/mol. The first-order valence-corrected chi connectivity index (χ1v) is 15.2. The summed E-state index contributed by atoms with van der Waals surface area (Å²) in [6.07, 6.45) is 2.08. The molecule has 0 aromatic rings. The van der Waals surface area contributed by atoms with Crippen LogP contribution in [0.25, 0.3) is 0 Å². The van der Waals surface area contributed by atoms with Crippen molar-refractivity contribution >= 4 is 41.4 Å². The number of morpholine rings is 1. The lowest BCUT2D eigenvalue weighted by Crippen LogP contribution is -2.62. The van der Waals surface area contributed by atoms with Crippen LogP contribution < -0.4 is 21.7 Å². The minimum Gasteiger partial charge on any atom is -0.363 e. The van der Waals surface area contributed by atoms with Gasteiger partial charge in [-0.2, -0.15) is 0 Å². The van der Waals surface area contributed by atoms with Crippen molar-refractivity contribution in [3.8, 4) is 0 Å². The maximum Gasteiger partial charge on any atom is 0.315 e. The number of nitrogens with zero attached hydrogens (tertiary/aromatic N) is 2. The van der Waals surface area contributed by atoms with Crippen LogP contribution in [0.3, 0.4) is 0 Å². The first-order chi connectivity index (χ1) is 20.3. The van der Waals surface area contributed by atoms with E-state index < -0.39 is 76.3 Å². The van der Waals surface area contributed by atoms with Crippen LogP contribution in [-0.4, -0.2) is 102 Å². The molecule has 2 aliphatic heterocycles. The Morgan fingerprint density at radius 2 is 1.55 bits per heavy atom. The zero-order valence-corrected chi connectivity index (χ0v) is 27.3. The van der Waals surface area contributed by atoms with Gasteiger partial charge in [-0.1, -0.05) is 68.2 Å². The molecule has 2 aliphatic rings. The predicted octanol–water partition coefficient (Wildman–Crippen LogP) is 0.467. The van der Waals surface area contributed by atoms with E-state index >= 15 is 0 Å². The number of rotatable bonds is 12. The summed E-state index contributed by atoms with van der Waals surface area (Å²) in [5.41, 5.74) is 3.86. The number of ketones is 1. The van der Waals surface area contributed by atoms with Crippen molar-refractivity contribution in [1.82, 2.24) is 25.8 Å². The van der Waals surface area contributed by atoms with Gasteiger partial charge < -0.3 is 31.3 Å². The van der Waals surface area contributed by atoms with Crippen molar-refractivity contribution in [3.05, 3.63) is 0 Å². The van der Waals surface area contributed by atoms with E-state index in [1.54, 1.807) is 20.8 Å². The number of Topliss-reactive ketones (excluding diaryl/α,β-unsaturated/α-hetero) is 1. The first kappa shape index (κ1) is 36.6. The smallest absolute Gasteiger partial charge is 0.315 e. The Morgan fingerprint density at radius 3 is 2.05 bits per heavy atom. The number of urea groups is 1. The van der Waals surface area contributed by atoms with Crippen LogP contribution in [0.2, 0.25) is 0 Å². The van der Waals surface area contributed by atoms with Gasteiger partial charge in [0.1, 0.15) is 25.3 Å². The van der Waals surface area contributed by atoms with Crippen LogP contribution >= 0.6 is 0 Å². The molecule has 2 heterocycles. The summed E-state index contributed by atoms with van der Waals surface area (Å²) in [4.78, 5) is 92.0. The van der Waals surface area contributed by atoms with Gasteiger partial charge in [-0.15, -0.1) is 0 Å². The number of primary amides is 1. The van der Waals surface area contributed by atoms with E-state index in [9.17, 15) is 33.6 Å². The van der Waals surface area contributed by atoms with Crippen molar-refractivity contribution < 1.29 is 38.3 Å². The molecule has 0 saturated carbocycles. The molecule has 5 N–H and O–H groups in total. The number of nitrogens with one attached hydrogen (secondary N) is 3. The van der Waals surface area contributed by atoms with Gasteiger partial charge in [-0.3, -0.25) is 33.7 Å². The lowest BCUT2D eigenvalue weighted by atomic mass is 9.85. The fourth-order valence-electron chi connectivity index (χ4n) is 5.29. The van der Waals surface area contributed by atoms with E-state index in [4.69, 9.17) is 10.5 Å². The summed E-state index contributed by atoms with van der Waals surface area (Å²) in [6, 6.07) is -4.41. The van der Waals surface area contributed by atoms with E-state index in [0.29, 0.717) is 12.8 Å². The van der Waals surface area contributed by atoms with E-state index in [1.165, 1.54) is 4.90 Å². The molecule has 0 bridgehead atoms. The predicted molar refractivity (Wildman–Crippen MR) is 161 cm³/mol. The Bertz CT molecular complexity index is 1110. The summed E-state index contributed by atoms with van der Waals surface area (Å²) in [5, 5.41) is 8.25. The molecular weight excluding hydrogens is 572 g/mol. The normalized spacial score (nSPS) is 21.4. The molecule has 44 heavy (non-hydrogen) atoms. The van der Waals surface area contributed by atoms with Crippen LogP contribution in [0.1, 0.15) is 81.1 Å². The van der Waals surface area contributed by atoms with Gasteiger partial charge in [0.2, 0.25) is 17.6 Å². The fraction of sp³-hybridized carbons (Fsp3) is 0.767. The van der Waals surface area contributed by atoms with E-state index in [1.807, 2.05) is 34.6 Å². The van der Waals surface area contributed by atoms with Crippen LogP contribution in [0.5, 0.6) is 0 Å². The molecule has 5 atom stereocenters. The first-order valence-electron chi connectivity index (χ1n) is 15.2. The average molecular weight is 623 g/mol. The highest BCUT2D eigenvalue weighted by atomic mass is 16.5. The van der Waals surface area contributed by atoms with Gasteiger partial charge in [0, 0.05) is 13.1 Å². The van der Waals surface area contributed by atoms with Gasteiger partial charge >= 0.3 is 6.03 Å². The number of carbonyl (C=O) groups is 7. The van der Waals surface area contributed by atoms with Crippen LogP contribution in [0, 0.1) is 16.7 Å². The molecule has 14 nitrogen and oxygen atoms in total. The van der Waals surface area contributed by atoms with E-state index in [-0.39, 0.29) is 38.6 Å². The molecule has 1 unspecified atom stereocenters. The highest BCUT2D eigenvalue weighted by Gasteiger charge is 2.46. The SMILES string of the molecule is CCCCC(NC(=O)[C@@H]1[C@@H](C)CCN1C(=O)[C@@H](NC(=O)N[C@H](CN1C(=O)COCC1=O)C(C)(C)C)C(C)(C)C)C(=O)C(N)=O. The number of hydrogen-bond acceptors (Lipinski definition) is 8. The molecule has 2 fully saturated rings. The van der Waals surface area contributed by atoms with Gasteiger partial charge in [0.05, 0.1) is 12.1 Å². The van der Waals surface area contributed by atoms with Crippen LogP contribution in [-0.2, 0) is 33.5 Å². The summed E-state index contributed by atoms with van der Waals surface area (Å²) in [6.45, 7) is 14.4. The maximum absolute atomic E-state index is 14.0. The molecule has 0 aliphatic carbocycles. The Kier molecular flexibility index (Phi) is 12.5. The van der Waals surface area contributed by atoms with Crippen LogP contribution in [0.4, 0.5) is 4.79 Å². The zero-order chi connectivity index (χ0) is 33.6. The second kappa shape index (κ2) is 15.0. The lowest BCUT2D eigenvalue weighted by molar-refractivity contribution is -0.159. The Hall–Kier alpha value is -3.55. The lowest BCUT2D eigenvalue weighted by Gasteiger charge is -2.38. The average Bonchev–Trinajstić information content (AvgIpc) is 3.30.